The first kappa shape index (κ1) is 12.9. The highest BCUT2D eigenvalue weighted by molar-refractivity contribution is 5.83. The Bertz CT molecular complexity index is 255. The van der Waals surface area contributed by atoms with Crippen LogP contribution in [0.15, 0.2) is 12.7 Å². The first-order chi connectivity index (χ1) is 8.31. The molecule has 0 aromatic heterocycles. The van der Waals surface area contributed by atoms with Crippen molar-refractivity contribution in [2.24, 2.45) is 17.8 Å². The van der Waals surface area contributed by atoms with E-state index in [4.69, 9.17) is 0 Å². The van der Waals surface area contributed by atoms with Crippen LogP contribution >= 0.6 is 0 Å². The second-order valence-electron chi connectivity index (χ2n) is 5.98. The van der Waals surface area contributed by atoms with Gasteiger partial charge in [0.25, 0.3) is 0 Å². The van der Waals surface area contributed by atoms with E-state index in [0.717, 1.165) is 25.2 Å². The van der Waals surface area contributed by atoms with E-state index in [-0.39, 0.29) is 0 Å². The van der Waals surface area contributed by atoms with Gasteiger partial charge >= 0.3 is 0 Å². The smallest absolute Gasteiger partial charge is 0.139 e. The zero-order chi connectivity index (χ0) is 12.1. The lowest BCUT2D eigenvalue weighted by Crippen LogP contribution is -2.28. The van der Waals surface area contributed by atoms with Gasteiger partial charge in [-0.15, -0.1) is 6.58 Å². The molecule has 2 fully saturated rings. The number of hydrogen-bond acceptors (Lipinski definition) is 1. The van der Waals surface area contributed by atoms with E-state index in [9.17, 15) is 4.79 Å². The predicted molar refractivity (Wildman–Crippen MR) is 71.8 cm³/mol. The molecule has 0 heterocycles. The number of allylic oxidation sites excluding steroid dienone is 1. The zero-order valence-corrected chi connectivity index (χ0v) is 11.0. The standard InChI is InChI=1S/C16H26O/c1-2-6-13-9-11-15(12-10-13)16(17)14-7-4-3-5-8-14/h2,13-15H,1,3-12H2. The molecule has 0 atom stereocenters. The van der Waals surface area contributed by atoms with Crippen LogP contribution in [0.2, 0.25) is 0 Å². The Hall–Kier alpha value is -0.590. The maximum atomic E-state index is 12.4. The summed E-state index contributed by atoms with van der Waals surface area (Å²) >= 11 is 0. The lowest BCUT2D eigenvalue weighted by atomic mass is 9.73. The summed E-state index contributed by atoms with van der Waals surface area (Å²) in [6.45, 7) is 3.82. The maximum absolute atomic E-state index is 12.4. The molecule has 0 aliphatic heterocycles. The third-order valence-corrected chi connectivity index (χ3v) is 4.76. The van der Waals surface area contributed by atoms with E-state index in [2.05, 4.69) is 6.58 Å². The fraction of sp³-hybridized carbons (Fsp3) is 0.812. The Morgan fingerprint density at radius 2 is 1.53 bits per heavy atom. The fourth-order valence-electron chi connectivity index (χ4n) is 3.64. The first-order valence-electron chi connectivity index (χ1n) is 7.46. The molecule has 0 aromatic carbocycles. The van der Waals surface area contributed by atoms with E-state index >= 15 is 0 Å². The van der Waals surface area contributed by atoms with E-state index in [0.29, 0.717) is 17.6 Å². The monoisotopic (exact) mass is 234 g/mol. The molecule has 96 valence electrons. The van der Waals surface area contributed by atoms with Crippen LogP contribution in [0.4, 0.5) is 0 Å². The summed E-state index contributed by atoms with van der Waals surface area (Å²) in [6, 6.07) is 0. The number of carbonyl (C=O) groups excluding carboxylic acids is 1. The SMILES string of the molecule is C=CCC1CCC(C(=O)C2CCCCC2)CC1. The number of carbonyl (C=O) groups is 1. The molecule has 0 aromatic rings. The Morgan fingerprint density at radius 1 is 0.941 bits per heavy atom. The third kappa shape index (κ3) is 3.43. The number of rotatable bonds is 4. The van der Waals surface area contributed by atoms with Crippen molar-refractivity contribution in [2.75, 3.05) is 0 Å². The summed E-state index contributed by atoms with van der Waals surface area (Å²) in [5.41, 5.74) is 0. The summed E-state index contributed by atoms with van der Waals surface area (Å²) in [5.74, 6) is 2.24. The highest BCUT2D eigenvalue weighted by atomic mass is 16.1. The molecule has 2 rings (SSSR count). The van der Waals surface area contributed by atoms with Gasteiger partial charge < -0.3 is 0 Å². The van der Waals surface area contributed by atoms with Gasteiger partial charge in [0.05, 0.1) is 0 Å². The van der Waals surface area contributed by atoms with Crippen LogP contribution < -0.4 is 0 Å². The molecule has 0 N–H and O–H groups in total. The Balaban J connectivity index is 1.79. The molecule has 17 heavy (non-hydrogen) atoms. The molecular weight excluding hydrogens is 208 g/mol. The average molecular weight is 234 g/mol. The van der Waals surface area contributed by atoms with E-state index < -0.39 is 0 Å². The number of Topliss-reactive ketones (excluding diaryl/α,β-unsaturated/α-hetero) is 1. The molecule has 1 heteroatoms. The van der Waals surface area contributed by atoms with Crippen molar-refractivity contribution in [1.82, 2.24) is 0 Å². The van der Waals surface area contributed by atoms with Crippen molar-refractivity contribution in [2.45, 2.75) is 64.2 Å². The van der Waals surface area contributed by atoms with Gasteiger partial charge in [-0.05, 0) is 50.9 Å². The van der Waals surface area contributed by atoms with Crippen molar-refractivity contribution in [3.63, 3.8) is 0 Å². The van der Waals surface area contributed by atoms with Gasteiger partial charge in [0.2, 0.25) is 0 Å². The van der Waals surface area contributed by atoms with Gasteiger partial charge in [-0.3, -0.25) is 4.79 Å². The average Bonchev–Trinajstić information content (AvgIpc) is 2.40. The topological polar surface area (TPSA) is 17.1 Å². The molecule has 1 nitrogen and oxygen atoms in total. The van der Waals surface area contributed by atoms with Crippen LogP contribution in [0.25, 0.3) is 0 Å². The first-order valence-corrected chi connectivity index (χ1v) is 7.46. The van der Waals surface area contributed by atoms with Crippen molar-refractivity contribution < 1.29 is 4.79 Å². The van der Waals surface area contributed by atoms with Crippen molar-refractivity contribution >= 4 is 5.78 Å². The van der Waals surface area contributed by atoms with Gasteiger partial charge in [0.15, 0.2) is 0 Å². The highest BCUT2D eigenvalue weighted by Gasteiger charge is 2.30. The molecule has 0 amide bonds. The fourth-order valence-corrected chi connectivity index (χ4v) is 3.64. The lowest BCUT2D eigenvalue weighted by Gasteiger charge is -2.30. The highest BCUT2D eigenvalue weighted by Crippen LogP contribution is 2.35. The lowest BCUT2D eigenvalue weighted by molar-refractivity contribution is -0.129. The molecule has 0 saturated heterocycles. The van der Waals surface area contributed by atoms with E-state index in [1.807, 2.05) is 6.08 Å². The summed E-state index contributed by atoms with van der Waals surface area (Å²) < 4.78 is 0. The van der Waals surface area contributed by atoms with Gasteiger partial charge in [0, 0.05) is 11.8 Å². The molecular formula is C16H26O. The second-order valence-corrected chi connectivity index (χ2v) is 5.98. The van der Waals surface area contributed by atoms with E-state index in [1.165, 1.54) is 44.9 Å². The van der Waals surface area contributed by atoms with Gasteiger partial charge in [0.1, 0.15) is 5.78 Å². The minimum absolute atomic E-state index is 0.402. The number of hydrogen-bond donors (Lipinski definition) is 0. The molecule has 0 radical (unpaired) electrons. The molecule has 2 saturated carbocycles. The summed E-state index contributed by atoms with van der Waals surface area (Å²) in [4.78, 5) is 12.4. The minimum Gasteiger partial charge on any atom is -0.299 e. The Kier molecular flexibility index (Phi) is 4.82. The zero-order valence-electron chi connectivity index (χ0n) is 11.0. The van der Waals surface area contributed by atoms with E-state index in [1.54, 1.807) is 0 Å². The molecule has 0 unspecified atom stereocenters. The van der Waals surface area contributed by atoms with Crippen molar-refractivity contribution in [3.05, 3.63) is 12.7 Å². The van der Waals surface area contributed by atoms with Crippen LogP contribution in [0.3, 0.4) is 0 Å². The van der Waals surface area contributed by atoms with Crippen molar-refractivity contribution in [3.8, 4) is 0 Å². The number of ketones is 1. The van der Waals surface area contributed by atoms with Crippen LogP contribution in [0, 0.1) is 17.8 Å². The second kappa shape index (κ2) is 6.37. The van der Waals surface area contributed by atoms with Crippen LogP contribution in [-0.2, 0) is 4.79 Å². The predicted octanol–water partition coefficient (Wildman–Crippen LogP) is 4.52. The molecule has 2 aliphatic carbocycles. The van der Waals surface area contributed by atoms with Crippen LogP contribution in [0.5, 0.6) is 0 Å². The molecule has 0 spiro atoms. The van der Waals surface area contributed by atoms with Gasteiger partial charge in [-0.2, -0.15) is 0 Å². The Labute approximate surface area is 106 Å². The minimum atomic E-state index is 0.402. The largest absolute Gasteiger partial charge is 0.299 e. The summed E-state index contributed by atoms with van der Waals surface area (Å²) in [6.07, 6.45) is 14.2. The van der Waals surface area contributed by atoms with Crippen LogP contribution in [-0.4, -0.2) is 5.78 Å². The maximum Gasteiger partial charge on any atom is 0.139 e. The summed E-state index contributed by atoms with van der Waals surface area (Å²) in [7, 11) is 0. The summed E-state index contributed by atoms with van der Waals surface area (Å²) in [5, 5.41) is 0. The normalized spacial score (nSPS) is 31.1. The molecule has 2 aliphatic rings. The third-order valence-electron chi connectivity index (χ3n) is 4.76. The quantitative estimate of drug-likeness (QED) is 0.654. The Morgan fingerprint density at radius 3 is 2.12 bits per heavy atom. The van der Waals surface area contributed by atoms with Gasteiger partial charge in [-0.25, -0.2) is 0 Å². The molecule has 0 bridgehead atoms. The van der Waals surface area contributed by atoms with Gasteiger partial charge in [-0.1, -0.05) is 25.3 Å². The van der Waals surface area contributed by atoms with Crippen LogP contribution in [0.1, 0.15) is 64.2 Å². The van der Waals surface area contributed by atoms with Crippen molar-refractivity contribution in [1.29, 1.82) is 0 Å².